The summed E-state index contributed by atoms with van der Waals surface area (Å²) < 4.78 is 10.9. The van der Waals surface area contributed by atoms with Gasteiger partial charge in [-0.25, -0.2) is 4.79 Å². The minimum atomic E-state index is -0.931. The molecular formula is C19H29ClN4O5. The first-order valence-electron chi connectivity index (χ1n) is 9.39. The number of nitrogens with two attached hydrogens (primary N) is 1. The van der Waals surface area contributed by atoms with Crippen molar-refractivity contribution >= 4 is 29.3 Å². The van der Waals surface area contributed by atoms with Crippen molar-refractivity contribution in [3.63, 3.8) is 0 Å². The second-order valence-corrected chi connectivity index (χ2v) is 7.48. The van der Waals surface area contributed by atoms with Crippen LogP contribution in [0.2, 0.25) is 5.02 Å². The number of nitrogen functional groups attached to an aromatic ring is 1. The Labute approximate surface area is 175 Å². The van der Waals surface area contributed by atoms with E-state index < -0.39 is 6.09 Å². The summed E-state index contributed by atoms with van der Waals surface area (Å²) in [6.45, 7) is 2.67. The number of ether oxygens (including phenoxy) is 2. The maximum atomic E-state index is 12.8. The number of carboxylic acid groups (broad SMARTS) is 1. The Balaban J connectivity index is 1.94. The van der Waals surface area contributed by atoms with Gasteiger partial charge in [0, 0.05) is 39.9 Å². The van der Waals surface area contributed by atoms with E-state index in [1.165, 1.54) is 24.1 Å². The fraction of sp³-hybridized carbons (Fsp3) is 0.579. The molecule has 4 N–H and O–H groups in total. The van der Waals surface area contributed by atoms with Crippen LogP contribution in [-0.4, -0.2) is 86.5 Å². The van der Waals surface area contributed by atoms with E-state index in [9.17, 15) is 9.59 Å². The van der Waals surface area contributed by atoms with Gasteiger partial charge in [-0.1, -0.05) is 11.6 Å². The van der Waals surface area contributed by atoms with Crippen LogP contribution in [0.25, 0.3) is 0 Å². The van der Waals surface area contributed by atoms with Crippen LogP contribution in [0.5, 0.6) is 5.75 Å². The van der Waals surface area contributed by atoms with E-state index in [2.05, 4.69) is 10.2 Å². The van der Waals surface area contributed by atoms with Gasteiger partial charge in [0.2, 0.25) is 0 Å². The van der Waals surface area contributed by atoms with Crippen LogP contribution >= 0.6 is 11.6 Å². The molecule has 1 aromatic carbocycles. The molecule has 1 aliphatic heterocycles. The van der Waals surface area contributed by atoms with Crippen LogP contribution in [0.4, 0.5) is 10.5 Å². The summed E-state index contributed by atoms with van der Waals surface area (Å²) in [5, 5.41) is 12.2. The predicted octanol–water partition coefficient (Wildman–Crippen LogP) is 1.75. The number of hydrogen-bond donors (Lipinski definition) is 3. The van der Waals surface area contributed by atoms with Crippen molar-refractivity contribution in [1.82, 2.24) is 15.1 Å². The van der Waals surface area contributed by atoms with E-state index in [4.69, 9.17) is 31.9 Å². The molecule has 1 heterocycles. The van der Waals surface area contributed by atoms with E-state index in [1.54, 1.807) is 14.2 Å². The average Bonchev–Trinajstić information content (AvgIpc) is 2.70. The molecule has 0 aliphatic carbocycles. The topological polar surface area (TPSA) is 117 Å². The molecule has 1 fully saturated rings. The molecule has 0 spiro atoms. The third kappa shape index (κ3) is 6.12. The van der Waals surface area contributed by atoms with Crippen molar-refractivity contribution in [3.8, 4) is 5.75 Å². The lowest BCUT2D eigenvalue weighted by molar-refractivity contribution is 0.00567. The Bertz CT molecular complexity index is 733. The molecule has 1 aromatic rings. The van der Waals surface area contributed by atoms with Crippen LogP contribution < -0.4 is 15.8 Å². The molecule has 9 nitrogen and oxygen atoms in total. The highest BCUT2D eigenvalue weighted by molar-refractivity contribution is 6.33. The lowest BCUT2D eigenvalue weighted by Crippen LogP contribution is -2.55. The molecule has 0 bridgehead atoms. The van der Waals surface area contributed by atoms with Crippen molar-refractivity contribution < 1.29 is 24.2 Å². The summed E-state index contributed by atoms with van der Waals surface area (Å²) in [5.41, 5.74) is 6.44. The number of likely N-dealkylation sites (tertiary alicyclic amines) is 1. The molecule has 0 radical (unpaired) electrons. The van der Waals surface area contributed by atoms with Gasteiger partial charge in [-0.2, -0.15) is 0 Å². The SMILES string of the molecule is COc1cc(N)c(Cl)cc1C(=O)N[C@H]1CCN(CCCN(C)C(=O)O)C[C@H]1OC. The number of nitrogens with one attached hydrogen (secondary N) is 1. The Kier molecular flexibility index (Phi) is 8.36. The minimum Gasteiger partial charge on any atom is -0.496 e. The molecule has 0 aromatic heterocycles. The van der Waals surface area contributed by atoms with E-state index in [-0.39, 0.29) is 18.1 Å². The van der Waals surface area contributed by atoms with Gasteiger partial charge in [-0.05, 0) is 25.5 Å². The lowest BCUT2D eigenvalue weighted by Gasteiger charge is -2.38. The van der Waals surface area contributed by atoms with Gasteiger partial charge in [-0.15, -0.1) is 0 Å². The summed E-state index contributed by atoms with van der Waals surface area (Å²) >= 11 is 6.06. The highest BCUT2D eigenvalue weighted by Gasteiger charge is 2.31. The summed E-state index contributed by atoms with van der Waals surface area (Å²) in [6, 6.07) is 2.87. The van der Waals surface area contributed by atoms with Crippen LogP contribution in [-0.2, 0) is 4.74 Å². The molecule has 0 unspecified atom stereocenters. The monoisotopic (exact) mass is 428 g/mol. The number of halogens is 1. The average molecular weight is 429 g/mol. The third-order valence-electron chi connectivity index (χ3n) is 5.12. The smallest absolute Gasteiger partial charge is 0.407 e. The quantitative estimate of drug-likeness (QED) is 0.540. The molecule has 2 amide bonds. The molecule has 10 heteroatoms. The maximum absolute atomic E-state index is 12.8. The number of hydrogen-bond acceptors (Lipinski definition) is 6. The number of rotatable bonds is 8. The zero-order chi connectivity index (χ0) is 21.6. The first kappa shape index (κ1) is 23.1. The molecule has 1 saturated heterocycles. The zero-order valence-corrected chi connectivity index (χ0v) is 17.7. The second kappa shape index (κ2) is 10.5. The standard InChI is InChI=1S/C19H29ClN4O5/c1-23(19(26)27)6-4-7-24-8-5-15(17(11-24)29-3)22-18(25)12-9-13(20)14(21)10-16(12)28-2/h9-10,15,17H,4-8,11,21H2,1-3H3,(H,22,25)(H,26,27)/t15-,17+/m0/s1. The van der Waals surface area contributed by atoms with E-state index in [0.29, 0.717) is 41.5 Å². The first-order valence-corrected chi connectivity index (χ1v) is 9.77. The number of methoxy groups -OCH3 is 2. The molecule has 162 valence electrons. The zero-order valence-electron chi connectivity index (χ0n) is 17.0. The van der Waals surface area contributed by atoms with Crippen molar-refractivity contribution in [2.45, 2.75) is 25.0 Å². The summed E-state index contributed by atoms with van der Waals surface area (Å²) in [6.07, 6.45) is 0.334. The van der Waals surface area contributed by atoms with E-state index in [0.717, 1.165) is 19.5 Å². The van der Waals surface area contributed by atoms with Gasteiger partial charge in [0.1, 0.15) is 5.75 Å². The van der Waals surface area contributed by atoms with Gasteiger partial charge < -0.3 is 35.4 Å². The van der Waals surface area contributed by atoms with E-state index >= 15 is 0 Å². The van der Waals surface area contributed by atoms with Gasteiger partial charge in [0.05, 0.1) is 35.5 Å². The summed E-state index contributed by atoms with van der Waals surface area (Å²) in [7, 11) is 4.64. The van der Waals surface area contributed by atoms with Crippen molar-refractivity contribution in [1.29, 1.82) is 0 Å². The van der Waals surface area contributed by atoms with Crippen LogP contribution in [0.3, 0.4) is 0 Å². The van der Waals surface area contributed by atoms with Gasteiger partial charge >= 0.3 is 6.09 Å². The molecule has 29 heavy (non-hydrogen) atoms. The molecule has 2 rings (SSSR count). The van der Waals surface area contributed by atoms with Crippen molar-refractivity contribution in [2.24, 2.45) is 0 Å². The fourth-order valence-electron chi connectivity index (χ4n) is 3.38. The number of carbonyl (C=O) groups excluding carboxylic acids is 1. The van der Waals surface area contributed by atoms with Crippen molar-refractivity contribution in [2.75, 3.05) is 53.2 Å². The minimum absolute atomic E-state index is 0.161. The Morgan fingerprint density at radius 1 is 1.41 bits per heavy atom. The first-order chi connectivity index (χ1) is 13.8. The number of amides is 2. The highest BCUT2D eigenvalue weighted by atomic mass is 35.5. The van der Waals surface area contributed by atoms with Gasteiger partial charge in [-0.3, -0.25) is 4.79 Å². The Morgan fingerprint density at radius 2 is 2.14 bits per heavy atom. The molecule has 2 atom stereocenters. The lowest BCUT2D eigenvalue weighted by atomic mass is 10.0. The second-order valence-electron chi connectivity index (χ2n) is 7.08. The van der Waals surface area contributed by atoms with Crippen molar-refractivity contribution in [3.05, 3.63) is 22.7 Å². The van der Waals surface area contributed by atoms with Crippen LogP contribution in [0, 0.1) is 0 Å². The Hall–Kier alpha value is -2.23. The largest absolute Gasteiger partial charge is 0.496 e. The summed E-state index contributed by atoms with van der Waals surface area (Å²) in [4.78, 5) is 27.1. The number of nitrogens with zero attached hydrogens (tertiary/aromatic N) is 2. The highest BCUT2D eigenvalue weighted by Crippen LogP contribution is 2.29. The molecule has 0 saturated carbocycles. The maximum Gasteiger partial charge on any atom is 0.407 e. The Morgan fingerprint density at radius 3 is 2.76 bits per heavy atom. The number of piperidine rings is 1. The number of benzene rings is 1. The van der Waals surface area contributed by atoms with Crippen LogP contribution in [0.1, 0.15) is 23.2 Å². The van der Waals surface area contributed by atoms with Gasteiger partial charge in [0.25, 0.3) is 5.91 Å². The normalized spacial score (nSPS) is 19.6. The molecule has 1 aliphatic rings. The van der Waals surface area contributed by atoms with Crippen LogP contribution in [0.15, 0.2) is 12.1 Å². The molecular weight excluding hydrogens is 400 g/mol. The predicted molar refractivity (Wildman–Crippen MR) is 111 cm³/mol. The number of carbonyl (C=O) groups is 2. The number of anilines is 1. The van der Waals surface area contributed by atoms with Gasteiger partial charge in [0.15, 0.2) is 0 Å². The fourth-order valence-corrected chi connectivity index (χ4v) is 3.54. The summed E-state index contributed by atoms with van der Waals surface area (Å²) in [5.74, 6) is 0.0608. The van der Waals surface area contributed by atoms with E-state index in [1.807, 2.05) is 0 Å². The third-order valence-corrected chi connectivity index (χ3v) is 5.45.